The number of aromatic nitrogens is 2. The fourth-order valence-corrected chi connectivity index (χ4v) is 6.75. The first-order valence-corrected chi connectivity index (χ1v) is 16.8. The molecule has 0 aliphatic heterocycles. The summed E-state index contributed by atoms with van der Waals surface area (Å²) in [4.78, 5) is 45.1. The van der Waals surface area contributed by atoms with E-state index in [1.165, 1.54) is 0 Å². The molecule has 4 aromatic rings. The third-order valence-electron chi connectivity index (χ3n) is 8.90. The number of carboxylic acids is 1. The maximum atomic E-state index is 13.1. The number of nitrogens with zero attached hydrogens (tertiary/aromatic N) is 3. The van der Waals surface area contributed by atoms with Crippen molar-refractivity contribution in [3.63, 3.8) is 0 Å². The van der Waals surface area contributed by atoms with Gasteiger partial charge in [-0.2, -0.15) is 0 Å². The van der Waals surface area contributed by atoms with Crippen LogP contribution in [0.25, 0.3) is 0 Å². The number of carbonyl (C=O) groups excluding carboxylic acids is 2. The van der Waals surface area contributed by atoms with Crippen molar-refractivity contribution in [2.75, 3.05) is 6.54 Å². The number of aliphatic carboxylic acids is 1. The van der Waals surface area contributed by atoms with Gasteiger partial charge < -0.3 is 19.1 Å². The molecule has 2 amide bonds. The Labute approximate surface area is 288 Å². The summed E-state index contributed by atoms with van der Waals surface area (Å²) in [6.45, 7) is 12.3. The molecule has 1 aliphatic rings. The number of ether oxygens (including phenoxy) is 2. The number of carboxylic acid groups (broad SMARTS) is 1. The highest BCUT2D eigenvalue weighted by Gasteiger charge is 2.63. The molecule has 1 aromatic heterocycles. The highest BCUT2D eigenvalue weighted by molar-refractivity contribution is 5.88. The van der Waals surface area contributed by atoms with Gasteiger partial charge in [0.05, 0.1) is 12.0 Å². The lowest BCUT2D eigenvalue weighted by molar-refractivity contribution is -0.140. The van der Waals surface area contributed by atoms with Crippen molar-refractivity contribution < 1.29 is 29.0 Å². The second-order valence-electron chi connectivity index (χ2n) is 15.1. The molecule has 0 radical (unpaired) electrons. The van der Waals surface area contributed by atoms with E-state index in [4.69, 9.17) is 14.5 Å². The van der Waals surface area contributed by atoms with Gasteiger partial charge in [0.15, 0.2) is 0 Å². The minimum atomic E-state index is -1.21. The Kier molecular flexibility index (Phi) is 9.77. The van der Waals surface area contributed by atoms with Crippen LogP contribution >= 0.6 is 0 Å². The van der Waals surface area contributed by atoms with E-state index in [1.807, 2.05) is 72.3 Å². The van der Waals surface area contributed by atoms with E-state index in [2.05, 4.69) is 36.4 Å². The first kappa shape index (κ1) is 35.4. The predicted octanol–water partition coefficient (Wildman–Crippen LogP) is 8.26. The molecular weight excluding hydrogens is 618 g/mol. The van der Waals surface area contributed by atoms with Crippen LogP contribution in [-0.2, 0) is 25.2 Å². The van der Waals surface area contributed by atoms with Crippen LogP contribution in [0.15, 0.2) is 104 Å². The van der Waals surface area contributed by atoms with Gasteiger partial charge in [-0.15, -0.1) is 0 Å². The minimum Gasteiger partial charge on any atom is -0.481 e. The van der Waals surface area contributed by atoms with E-state index in [9.17, 15) is 19.5 Å². The summed E-state index contributed by atoms with van der Waals surface area (Å²) >= 11 is 0. The van der Waals surface area contributed by atoms with Crippen molar-refractivity contribution in [3.05, 3.63) is 126 Å². The van der Waals surface area contributed by atoms with Gasteiger partial charge in [0, 0.05) is 12.7 Å². The highest BCUT2D eigenvalue weighted by atomic mass is 16.6. The largest absolute Gasteiger partial charge is 0.481 e. The van der Waals surface area contributed by atoms with E-state index in [0.717, 1.165) is 21.6 Å². The third-order valence-corrected chi connectivity index (χ3v) is 8.90. The van der Waals surface area contributed by atoms with Gasteiger partial charge in [-0.3, -0.25) is 4.79 Å². The van der Waals surface area contributed by atoms with Crippen molar-refractivity contribution in [1.29, 1.82) is 0 Å². The fourth-order valence-electron chi connectivity index (χ4n) is 6.75. The SMILES string of the molecule is CC(CC1CC1(C(=O)O)c1cn(C(c2ccccc2)(c2ccccc2)c2ccccc2)cn1)CN(C(=O)OC(C)(C)C)C(=O)OC(C)(C)C. The maximum absolute atomic E-state index is 13.1. The minimum absolute atomic E-state index is 0.0175. The van der Waals surface area contributed by atoms with Crippen LogP contribution in [0.2, 0.25) is 0 Å². The highest BCUT2D eigenvalue weighted by Crippen LogP contribution is 2.57. The van der Waals surface area contributed by atoms with E-state index in [-0.39, 0.29) is 18.4 Å². The zero-order valence-corrected chi connectivity index (χ0v) is 29.4. The second-order valence-corrected chi connectivity index (χ2v) is 15.1. The first-order valence-electron chi connectivity index (χ1n) is 16.8. The quantitative estimate of drug-likeness (QED) is 0.170. The Hall–Kier alpha value is -4.92. The molecule has 0 saturated heterocycles. The Morgan fingerprint density at radius 2 is 1.24 bits per heavy atom. The van der Waals surface area contributed by atoms with Gasteiger partial charge in [0.2, 0.25) is 0 Å². The molecule has 49 heavy (non-hydrogen) atoms. The Bertz CT molecular complexity index is 1630. The molecule has 1 saturated carbocycles. The number of imide groups is 1. The number of amides is 2. The first-order chi connectivity index (χ1) is 23.1. The van der Waals surface area contributed by atoms with E-state index in [0.29, 0.717) is 18.5 Å². The molecule has 0 spiro atoms. The van der Waals surface area contributed by atoms with Crippen LogP contribution in [0, 0.1) is 11.8 Å². The summed E-state index contributed by atoms with van der Waals surface area (Å²) < 4.78 is 13.1. The van der Waals surface area contributed by atoms with E-state index >= 15 is 0 Å². The number of benzene rings is 3. The van der Waals surface area contributed by atoms with Gasteiger partial charge in [0.1, 0.15) is 22.2 Å². The third kappa shape index (κ3) is 7.41. The molecule has 1 fully saturated rings. The standard InChI is InChI=1S/C40H47N3O6/c1-28(25-43(35(46)48-37(2,3)4)36(47)49-38(5,6)7)23-32-24-39(32,34(44)45)33-26-42(27-41-33)40(29-17-11-8-12-18-29,30-19-13-9-14-20-30)31-21-15-10-16-22-31/h8-22,26-28,32H,23-25H2,1-7H3,(H,44,45). The molecule has 1 heterocycles. The van der Waals surface area contributed by atoms with Gasteiger partial charge in [0.25, 0.3) is 0 Å². The Morgan fingerprint density at radius 1 is 0.816 bits per heavy atom. The second kappa shape index (κ2) is 13.5. The van der Waals surface area contributed by atoms with E-state index < -0.39 is 40.3 Å². The van der Waals surface area contributed by atoms with Gasteiger partial charge >= 0.3 is 18.2 Å². The molecule has 0 bridgehead atoms. The van der Waals surface area contributed by atoms with Crippen molar-refractivity contribution in [3.8, 4) is 0 Å². The lowest BCUT2D eigenvalue weighted by Crippen LogP contribution is -2.45. The summed E-state index contributed by atoms with van der Waals surface area (Å²) in [5, 5.41) is 10.7. The monoisotopic (exact) mass is 665 g/mol. The maximum Gasteiger partial charge on any atom is 0.419 e. The zero-order valence-electron chi connectivity index (χ0n) is 29.4. The number of imidazole rings is 1. The number of carbonyl (C=O) groups is 3. The zero-order chi connectivity index (χ0) is 35.6. The molecule has 1 N–H and O–H groups in total. The normalized spacial score (nSPS) is 18.3. The molecule has 258 valence electrons. The molecule has 3 unspecified atom stereocenters. The summed E-state index contributed by atoms with van der Waals surface area (Å²) in [7, 11) is 0. The van der Waals surface area contributed by atoms with Crippen molar-refractivity contribution in [2.24, 2.45) is 11.8 Å². The lowest BCUT2D eigenvalue weighted by atomic mass is 9.76. The average molecular weight is 666 g/mol. The van der Waals surface area contributed by atoms with Crippen LogP contribution in [-0.4, -0.2) is 55.5 Å². The number of hydrogen-bond acceptors (Lipinski definition) is 6. The number of hydrogen-bond donors (Lipinski definition) is 1. The molecular formula is C40H47N3O6. The number of rotatable bonds is 10. The van der Waals surface area contributed by atoms with Crippen LogP contribution in [0.3, 0.4) is 0 Å². The molecule has 1 aliphatic carbocycles. The van der Waals surface area contributed by atoms with Crippen LogP contribution in [0.4, 0.5) is 9.59 Å². The molecule has 3 atom stereocenters. The van der Waals surface area contributed by atoms with Crippen molar-refractivity contribution >= 4 is 18.2 Å². The van der Waals surface area contributed by atoms with Gasteiger partial charge in [-0.05, 0) is 82.9 Å². The molecule has 9 nitrogen and oxygen atoms in total. The predicted molar refractivity (Wildman–Crippen MR) is 187 cm³/mol. The summed E-state index contributed by atoms with van der Waals surface area (Å²) in [6, 6.07) is 30.4. The van der Waals surface area contributed by atoms with Gasteiger partial charge in [-0.1, -0.05) is 97.9 Å². The fraction of sp³-hybridized carbons (Fsp3) is 0.400. The topological polar surface area (TPSA) is 111 Å². The van der Waals surface area contributed by atoms with E-state index in [1.54, 1.807) is 47.9 Å². The van der Waals surface area contributed by atoms with Gasteiger partial charge in [-0.25, -0.2) is 19.5 Å². The molecule has 5 rings (SSSR count). The average Bonchev–Trinajstić information content (AvgIpc) is 3.54. The van der Waals surface area contributed by atoms with Crippen LogP contribution in [0.5, 0.6) is 0 Å². The van der Waals surface area contributed by atoms with Crippen LogP contribution < -0.4 is 0 Å². The van der Waals surface area contributed by atoms with Crippen molar-refractivity contribution in [1.82, 2.24) is 14.5 Å². The van der Waals surface area contributed by atoms with Crippen molar-refractivity contribution in [2.45, 2.75) is 83.5 Å². The van der Waals surface area contributed by atoms with Crippen LogP contribution in [0.1, 0.15) is 83.7 Å². The Balaban J connectivity index is 1.48. The summed E-state index contributed by atoms with van der Waals surface area (Å²) in [6.07, 6.45) is 2.84. The molecule has 9 heteroatoms. The summed E-state index contributed by atoms with van der Waals surface area (Å²) in [5.41, 5.74) is -0.180. The summed E-state index contributed by atoms with van der Waals surface area (Å²) in [5.74, 6) is -1.46. The Morgan fingerprint density at radius 3 is 1.63 bits per heavy atom. The molecule has 3 aromatic carbocycles. The smallest absolute Gasteiger partial charge is 0.419 e. The lowest BCUT2D eigenvalue weighted by Gasteiger charge is -2.37.